The highest BCUT2D eigenvalue weighted by Gasteiger charge is 2.22. The number of ether oxygens (including phenoxy) is 2. The zero-order valence-electron chi connectivity index (χ0n) is 19.2. The highest BCUT2D eigenvalue weighted by Crippen LogP contribution is 2.23. The van der Waals surface area contributed by atoms with Crippen molar-refractivity contribution < 1.29 is 23.5 Å². The molecule has 1 heterocycles. The van der Waals surface area contributed by atoms with E-state index in [0.717, 1.165) is 5.56 Å². The lowest BCUT2D eigenvalue weighted by molar-refractivity contribution is -0.128. The number of anilines is 1. The van der Waals surface area contributed by atoms with Gasteiger partial charge in [-0.3, -0.25) is 9.59 Å². The number of carbonyl (C=O) groups excluding carboxylic acids is 2. The van der Waals surface area contributed by atoms with E-state index < -0.39 is 17.9 Å². The summed E-state index contributed by atoms with van der Waals surface area (Å²) in [5.41, 5.74) is 1.45. The van der Waals surface area contributed by atoms with Crippen LogP contribution in [0.25, 0.3) is 0 Å². The molecule has 0 aliphatic rings. The third-order valence-corrected chi connectivity index (χ3v) is 4.99. The summed E-state index contributed by atoms with van der Waals surface area (Å²) in [7, 11) is 0. The van der Waals surface area contributed by atoms with Gasteiger partial charge in [0, 0.05) is 5.69 Å². The zero-order valence-corrected chi connectivity index (χ0v) is 19.2. The van der Waals surface area contributed by atoms with Gasteiger partial charge < -0.3 is 20.1 Å². The van der Waals surface area contributed by atoms with E-state index in [4.69, 9.17) is 9.47 Å². The van der Waals surface area contributed by atoms with Gasteiger partial charge in [0.2, 0.25) is 11.8 Å². The maximum absolute atomic E-state index is 13.1. The van der Waals surface area contributed by atoms with Crippen LogP contribution in [-0.4, -0.2) is 39.2 Å². The molecule has 0 unspecified atom stereocenters. The number of hydrogen-bond donors (Lipinski definition) is 2. The van der Waals surface area contributed by atoms with Crippen LogP contribution >= 0.6 is 0 Å². The predicted molar refractivity (Wildman–Crippen MR) is 130 cm³/mol. The van der Waals surface area contributed by atoms with Crippen LogP contribution in [-0.2, 0) is 27.5 Å². The van der Waals surface area contributed by atoms with E-state index in [1.165, 1.54) is 41.6 Å². The van der Waals surface area contributed by atoms with Gasteiger partial charge in [-0.05, 0) is 54.1 Å². The molecule has 0 aliphatic heterocycles. The van der Waals surface area contributed by atoms with Crippen LogP contribution in [0.4, 0.5) is 10.1 Å². The van der Waals surface area contributed by atoms with Crippen molar-refractivity contribution in [3.63, 3.8) is 0 Å². The fourth-order valence-corrected chi connectivity index (χ4v) is 3.23. The Kier molecular flexibility index (Phi) is 8.34. The van der Waals surface area contributed by atoms with E-state index >= 15 is 0 Å². The van der Waals surface area contributed by atoms with Crippen molar-refractivity contribution in [3.8, 4) is 11.5 Å². The second kappa shape index (κ2) is 12.2. The van der Waals surface area contributed by atoms with E-state index in [9.17, 15) is 14.0 Å². The minimum Gasteiger partial charge on any atom is -0.457 e. The topological polar surface area (TPSA) is 107 Å². The first-order valence-corrected chi connectivity index (χ1v) is 11.1. The third-order valence-electron chi connectivity index (χ3n) is 4.99. The molecule has 0 aliphatic carbocycles. The Balaban J connectivity index is 1.36. The molecule has 10 heteroatoms. The molecule has 4 aromatic rings. The quantitative estimate of drug-likeness (QED) is 0.334. The Morgan fingerprint density at radius 3 is 2.31 bits per heavy atom. The average Bonchev–Trinajstić information content (AvgIpc) is 3.39. The number of amides is 2. The second-order valence-electron chi connectivity index (χ2n) is 7.78. The summed E-state index contributed by atoms with van der Waals surface area (Å²) in [5, 5.41) is 9.37. The molecule has 2 amide bonds. The first-order chi connectivity index (χ1) is 17.5. The van der Waals surface area contributed by atoms with E-state index in [1.807, 2.05) is 30.3 Å². The molecule has 184 valence electrons. The van der Waals surface area contributed by atoms with Crippen molar-refractivity contribution in [3.05, 3.63) is 103 Å². The number of rotatable bonds is 11. The van der Waals surface area contributed by atoms with Crippen molar-refractivity contribution in [2.75, 3.05) is 11.9 Å². The molecule has 1 atom stereocenters. The number of aromatic nitrogens is 3. The number of benzene rings is 3. The summed E-state index contributed by atoms with van der Waals surface area (Å²) in [5.74, 6) is -0.201. The Labute approximate surface area is 206 Å². The van der Waals surface area contributed by atoms with Crippen LogP contribution in [0, 0.1) is 5.82 Å². The van der Waals surface area contributed by atoms with E-state index in [1.54, 1.807) is 24.3 Å². The van der Waals surface area contributed by atoms with Gasteiger partial charge in [0.05, 0.1) is 13.2 Å². The lowest BCUT2D eigenvalue weighted by Gasteiger charge is -2.19. The summed E-state index contributed by atoms with van der Waals surface area (Å²) in [4.78, 5) is 29.3. The molecule has 0 bridgehead atoms. The molecule has 3 aromatic carbocycles. The molecule has 0 fully saturated rings. The summed E-state index contributed by atoms with van der Waals surface area (Å²) in [6, 6.07) is 20.9. The highest BCUT2D eigenvalue weighted by atomic mass is 19.1. The summed E-state index contributed by atoms with van der Waals surface area (Å²) in [6.45, 7) is 0.173. The van der Waals surface area contributed by atoms with Gasteiger partial charge >= 0.3 is 0 Å². The Morgan fingerprint density at radius 1 is 0.944 bits per heavy atom. The number of nitrogens with zero attached hydrogens (tertiary/aromatic N) is 3. The van der Waals surface area contributed by atoms with Crippen LogP contribution in [0.3, 0.4) is 0 Å². The Bertz CT molecular complexity index is 1250. The Hall–Kier alpha value is -4.57. The monoisotopic (exact) mass is 489 g/mol. The minimum atomic E-state index is -0.945. The first kappa shape index (κ1) is 24.6. The van der Waals surface area contributed by atoms with Crippen molar-refractivity contribution in [1.29, 1.82) is 0 Å². The average molecular weight is 490 g/mol. The van der Waals surface area contributed by atoms with Crippen molar-refractivity contribution >= 4 is 17.5 Å². The SMILES string of the molecule is O=C(Cn1cncn1)N[C@@H](COCc1ccccc1)C(=O)Nc1ccc(Oc2ccc(F)cc2)cc1. The van der Waals surface area contributed by atoms with Crippen molar-refractivity contribution in [2.45, 2.75) is 19.2 Å². The van der Waals surface area contributed by atoms with E-state index in [-0.39, 0.29) is 19.0 Å². The van der Waals surface area contributed by atoms with Crippen LogP contribution in [0.2, 0.25) is 0 Å². The van der Waals surface area contributed by atoms with Crippen LogP contribution < -0.4 is 15.4 Å². The molecule has 0 saturated carbocycles. The fraction of sp³-hybridized carbons (Fsp3) is 0.154. The molecule has 4 rings (SSSR count). The Morgan fingerprint density at radius 2 is 1.64 bits per heavy atom. The largest absolute Gasteiger partial charge is 0.457 e. The third kappa shape index (κ3) is 7.47. The zero-order chi connectivity index (χ0) is 25.2. The van der Waals surface area contributed by atoms with Gasteiger partial charge in [0.15, 0.2) is 0 Å². The van der Waals surface area contributed by atoms with E-state index in [2.05, 4.69) is 20.7 Å². The van der Waals surface area contributed by atoms with Gasteiger partial charge in [-0.2, -0.15) is 5.10 Å². The molecule has 0 radical (unpaired) electrons. The molecular weight excluding hydrogens is 465 g/mol. The highest BCUT2D eigenvalue weighted by molar-refractivity contribution is 5.97. The van der Waals surface area contributed by atoms with Gasteiger partial charge in [0.1, 0.15) is 42.6 Å². The molecule has 0 spiro atoms. The number of nitrogens with one attached hydrogen (secondary N) is 2. The summed E-state index contributed by atoms with van der Waals surface area (Å²) in [6.07, 6.45) is 2.74. The summed E-state index contributed by atoms with van der Waals surface area (Å²) < 4.78 is 25.8. The first-order valence-electron chi connectivity index (χ1n) is 11.1. The normalized spacial score (nSPS) is 11.5. The number of halogens is 1. The molecular formula is C26H24FN5O4. The van der Waals surface area contributed by atoms with Gasteiger partial charge in [-0.25, -0.2) is 14.1 Å². The van der Waals surface area contributed by atoms with Crippen molar-refractivity contribution in [1.82, 2.24) is 20.1 Å². The van der Waals surface area contributed by atoms with Crippen LogP contribution in [0.1, 0.15) is 5.56 Å². The van der Waals surface area contributed by atoms with Gasteiger partial charge in [0.25, 0.3) is 0 Å². The van der Waals surface area contributed by atoms with E-state index in [0.29, 0.717) is 23.8 Å². The number of carbonyl (C=O) groups is 2. The van der Waals surface area contributed by atoms with Crippen LogP contribution in [0.15, 0.2) is 91.5 Å². The standard InChI is InChI=1S/C26H24FN5O4/c27-20-6-10-22(11-7-20)36-23-12-8-21(9-13-23)30-26(34)24(16-35-15-19-4-2-1-3-5-19)31-25(33)14-32-18-28-17-29-32/h1-13,17-18,24H,14-16H2,(H,30,34)(H,31,33)/t24-/m0/s1. The van der Waals surface area contributed by atoms with Gasteiger partial charge in [-0.15, -0.1) is 0 Å². The molecule has 0 saturated heterocycles. The van der Waals surface area contributed by atoms with Crippen LogP contribution in [0.5, 0.6) is 11.5 Å². The lowest BCUT2D eigenvalue weighted by atomic mass is 10.2. The maximum Gasteiger partial charge on any atom is 0.249 e. The smallest absolute Gasteiger partial charge is 0.249 e. The molecule has 1 aromatic heterocycles. The maximum atomic E-state index is 13.1. The summed E-state index contributed by atoms with van der Waals surface area (Å²) >= 11 is 0. The molecule has 2 N–H and O–H groups in total. The fourth-order valence-electron chi connectivity index (χ4n) is 3.23. The lowest BCUT2D eigenvalue weighted by Crippen LogP contribution is -2.47. The number of hydrogen-bond acceptors (Lipinski definition) is 6. The second-order valence-corrected chi connectivity index (χ2v) is 7.78. The minimum absolute atomic E-state index is 0.0322. The predicted octanol–water partition coefficient (Wildman–Crippen LogP) is 3.55. The van der Waals surface area contributed by atoms with Gasteiger partial charge in [-0.1, -0.05) is 30.3 Å². The van der Waals surface area contributed by atoms with Crippen molar-refractivity contribution in [2.24, 2.45) is 0 Å². The molecule has 9 nitrogen and oxygen atoms in total. The molecule has 36 heavy (non-hydrogen) atoms.